The van der Waals surface area contributed by atoms with Crippen LogP contribution in [-0.4, -0.2) is 77.9 Å². The van der Waals surface area contributed by atoms with Crippen molar-refractivity contribution in [2.75, 3.05) is 44.6 Å². The molecule has 0 unspecified atom stereocenters. The summed E-state index contributed by atoms with van der Waals surface area (Å²) in [6.45, 7) is 12.1. The molecule has 0 radical (unpaired) electrons. The van der Waals surface area contributed by atoms with E-state index in [1.54, 1.807) is 12.1 Å². The summed E-state index contributed by atoms with van der Waals surface area (Å²) in [7, 11) is 0. The number of carbonyl (C=O) groups is 2. The fourth-order valence-corrected chi connectivity index (χ4v) is 3.67. The number of nitrogens with one attached hydrogen (secondary N) is 1. The normalized spacial score (nSPS) is 17.6. The van der Waals surface area contributed by atoms with Crippen LogP contribution in [-0.2, 0) is 9.59 Å². The summed E-state index contributed by atoms with van der Waals surface area (Å²) in [5.74, 6) is -0.337. The van der Waals surface area contributed by atoms with Crippen LogP contribution in [0.4, 0.5) is 10.1 Å². The molecule has 0 spiro atoms. The summed E-state index contributed by atoms with van der Waals surface area (Å²) in [4.78, 5) is 31.3. The molecular weight excluding hydrogens is 371 g/mol. The molecule has 1 aromatic rings. The lowest BCUT2D eigenvalue weighted by atomic mass is 10.1. The molecule has 1 aliphatic heterocycles. The Bertz CT molecular complexity index is 667. The Morgan fingerprint density at radius 1 is 1.03 bits per heavy atom. The first-order valence-corrected chi connectivity index (χ1v) is 10.6. The van der Waals surface area contributed by atoms with Crippen molar-refractivity contribution in [1.29, 1.82) is 0 Å². The highest BCUT2D eigenvalue weighted by Crippen LogP contribution is 2.14. The van der Waals surface area contributed by atoms with Crippen molar-refractivity contribution in [3.8, 4) is 0 Å². The zero-order valence-corrected chi connectivity index (χ0v) is 18.2. The van der Waals surface area contributed by atoms with E-state index in [0.29, 0.717) is 12.2 Å². The number of piperazine rings is 1. The van der Waals surface area contributed by atoms with Gasteiger partial charge in [-0.3, -0.25) is 19.4 Å². The third kappa shape index (κ3) is 7.08. The average Bonchev–Trinajstić information content (AvgIpc) is 2.69. The summed E-state index contributed by atoms with van der Waals surface area (Å²) in [5.41, 5.74) is 0.467. The van der Waals surface area contributed by atoms with E-state index < -0.39 is 0 Å². The van der Waals surface area contributed by atoms with E-state index in [2.05, 4.69) is 42.8 Å². The highest BCUT2D eigenvalue weighted by atomic mass is 19.1. The molecule has 1 aromatic carbocycles. The van der Waals surface area contributed by atoms with Gasteiger partial charge in [-0.15, -0.1) is 0 Å². The molecule has 1 saturated heterocycles. The van der Waals surface area contributed by atoms with Crippen LogP contribution in [0, 0.1) is 5.82 Å². The number of hydrogen-bond acceptors (Lipinski definition) is 4. The van der Waals surface area contributed by atoms with Crippen molar-refractivity contribution in [1.82, 2.24) is 14.7 Å². The van der Waals surface area contributed by atoms with Gasteiger partial charge in [0.05, 0.1) is 13.1 Å². The van der Waals surface area contributed by atoms with Crippen LogP contribution in [0.2, 0.25) is 0 Å². The minimum Gasteiger partial charge on any atom is -0.336 e. The van der Waals surface area contributed by atoms with E-state index in [1.165, 1.54) is 12.1 Å². The van der Waals surface area contributed by atoms with Crippen LogP contribution in [0.5, 0.6) is 0 Å². The molecule has 1 aliphatic rings. The van der Waals surface area contributed by atoms with Gasteiger partial charge in [-0.25, -0.2) is 4.39 Å². The number of amides is 2. The molecule has 1 heterocycles. The minimum atomic E-state index is -0.370. The third-order valence-corrected chi connectivity index (χ3v) is 5.72. The maximum atomic E-state index is 13.2. The molecule has 2 rings (SSSR count). The smallest absolute Gasteiger partial charge is 0.238 e. The van der Waals surface area contributed by atoms with Gasteiger partial charge in [-0.1, -0.05) is 19.9 Å². The Morgan fingerprint density at radius 3 is 2.10 bits per heavy atom. The molecule has 2 atom stereocenters. The second-order valence-electron chi connectivity index (χ2n) is 7.93. The van der Waals surface area contributed by atoms with Gasteiger partial charge in [0.2, 0.25) is 11.8 Å². The van der Waals surface area contributed by atoms with Crippen molar-refractivity contribution in [3.05, 3.63) is 30.1 Å². The van der Waals surface area contributed by atoms with Gasteiger partial charge in [0, 0.05) is 44.0 Å². The molecular formula is C22H35FN4O2. The maximum Gasteiger partial charge on any atom is 0.238 e. The summed E-state index contributed by atoms with van der Waals surface area (Å²) >= 11 is 0. The monoisotopic (exact) mass is 406 g/mol. The predicted octanol–water partition coefficient (Wildman–Crippen LogP) is 2.81. The summed E-state index contributed by atoms with van der Waals surface area (Å²) in [6, 6.07) is 6.38. The third-order valence-electron chi connectivity index (χ3n) is 5.72. The highest BCUT2D eigenvalue weighted by Gasteiger charge is 2.27. The lowest BCUT2D eigenvalue weighted by Gasteiger charge is -2.38. The molecule has 7 heteroatoms. The Morgan fingerprint density at radius 2 is 1.59 bits per heavy atom. The second kappa shape index (κ2) is 11.3. The van der Waals surface area contributed by atoms with Crippen LogP contribution >= 0.6 is 0 Å². The summed E-state index contributed by atoms with van der Waals surface area (Å²) in [6.07, 6.45) is 1.90. The summed E-state index contributed by atoms with van der Waals surface area (Å²) < 4.78 is 13.2. The van der Waals surface area contributed by atoms with Gasteiger partial charge in [0.15, 0.2) is 0 Å². The van der Waals surface area contributed by atoms with Crippen LogP contribution in [0.15, 0.2) is 24.3 Å². The Hall–Kier alpha value is -1.99. The Labute approximate surface area is 174 Å². The number of anilines is 1. The van der Waals surface area contributed by atoms with E-state index in [0.717, 1.165) is 39.0 Å². The average molecular weight is 407 g/mol. The maximum absolute atomic E-state index is 13.2. The molecule has 162 valence electrons. The van der Waals surface area contributed by atoms with Crippen molar-refractivity contribution in [3.63, 3.8) is 0 Å². The van der Waals surface area contributed by atoms with Gasteiger partial charge < -0.3 is 10.2 Å². The van der Waals surface area contributed by atoms with Gasteiger partial charge in [-0.05, 0) is 44.9 Å². The first kappa shape index (κ1) is 23.3. The molecule has 0 aliphatic carbocycles. The van der Waals surface area contributed by atoms with Crippen LogP contribution in [0.1, 0.15) is 40.5 Å². The van der Waals surface area contributed by atoms with Crippen molar-refractivity contribution in [2.24, 2.45) is 0 Å². The van der Waals surface area contributed by atoms with Gasteiger partial charge in [0.25, 0.3) is 0 Å². The zero-order chi connectivity index (χ0) is 21.4. The highest BCUT2D eigenvalue weighted by molar-refractivity contribution is 5.92. The lowest BCUT2D eigenvalue weighted by Crippen LogP contribution is -2.53. The first-order chi connectivity index (χ1) is 13.8. The largest absolute Gasteiger partial charge is 0.336 e. The zero-order valence-electron chi connectivity index (χ0n) is 18.2. The summed E-state index contributed by atoms with van der Waals surface area (Å²) in [5, 5.41) is 2.73. The van der Waals surface area contributed by atoms with Crippen molar-refractivity contribution >= 4 is 17.5 Å². The molecule has 6 nitrogen and oxygen atoms in total. The van der Waals surface area contributed by atoms with Crippen LogP contribution in [0.25, 0.3) is 0 Å². The molecule has 0 saturated carbocycles. The van der Waals surface area contributed by atoms with E-state index in [-0.39, 0.29) is 36.3 Å². The molecule has 0 bridgehead atoms. The Kier molecular flexibility index (Phi) is 9.04. The van der Waals surface area contributed by atoms with Crippen molar-refractivity contribution < 1.29 is 14.0 Å². The SMILES string of the molecule is CC[C@@H](C)N(C(=O)CN1CCN(CC(=O)Nc2cccc(F)c2)CC1)[C@@H](C)CC. The van der Waals surface area contributed by atoms with Gasteiger partial charge >= 0.3 is 0 Å². The van der Waals surface area contributed by atoms with E-state index in [1.807, 2.05) is 4.90 Å². The van der Waals surface area contributed by atoms with E-state index in [9.17, 15) is 14.0 Å². The quantitative estimate of drug-likeness (QED) is 0.685. The number of hydrogen-bond donors (Lipinski definition) is 1. The van der Waals surface area contributed by atoms with Gasteiger partial charge in [0.1, 0.15) is 5.82 Å². The Balaban J connectivity index is 1.79. The van der Waals surface area contributed by atoms with Crippen molar-refractivity contribution in [2.45, 2.75) is 52.6 Å². The minimum absolute atomic E-state index is 0.153. The standard InChI is InChI=1S/C22H35FN4O2/c1-5-17(3)27(18(4)6-2)22(29)16-26-12-10-25(11-13-26)15-21(28)24-20-9-7-8-19(23)14-20/h7-9,14,17-18H,5-6,10-13,15-16H2,1-4H3,(H,24,28)/t17-,18+. The predicted molar refractivity (Wildman–Crippen MR) is 114 cm³/mol. The molecule has 29 heavy (non-hydrogen) atoms. The fraction of sp³-hybridized carbons (Fsp3) is 0.636. The second-order valence-corrected chi connectivity index (χ2v) is 7.93. The molecule has 0 aromatic heterocycles. The molecule has 1 N–H and O–H groups in total. The van der Waals surface area contributed by atoms with Crippen LogP contribution < -0.4 is 5.32 Å². The number of carbonyl (C=O) groups excluding carboxylic acids is 2. The van der Waals surface area contributed by atoms with E-state index >= 15 is 0 Å². The van der Waals surface area contributed by atoms with Crippen LogP contribution in [0.3, 0.4) is 0 Å². The topological polar surface area (TPSA) is 55.9 Å². The molecule has 2 amide bonds. The number of benzene rings is 1. The first-order valence-electron chi connectivity index (χ1n) is 10.6. The fourth-order valence-electron chi connectivity index (χ4n) is 3.67. The number of nitrogens with zero attached hydrogens (tertiary/aromatic N) is 3. The lowest BCUT2D eigenvalue weighted by molar-refractivity contribution is -0.137. The van der Waals surface area contributed by atoms with Gasteiger partial charge in [-0.2, -0.15) is 0 Å². The molecule has 1 fully saturated rings. The number of halogens is 1. The number of rotatable bonds is 9. The van der Waals surface area contributed by atoms with E-state index in [4.69, 9.17) is 0 Å².